The third-order valence-corrected chi connectivity index (χ3v) is 6.01. The fourth-order valence-corrected chi connectivity index (χ4v) is 3.95. The molecule has 3 atom stereocenters. The maximum absolute atomic E-state index is 11.8. The molecule has 0 saturated carbocycles. The molecule has 0 aliphatic carbocycles. The average molecular weight is 429 g/mol. The van der Waals surface area contributed by atoms with Crippen LogP contribution in [0.1, 0.15) is 72.6 Å². The van der Waals surface area contributed by atoms with E-state index < -0.39 is 35.7 Å². The van der Waals surface area contributed by atoms with E-state index in [1.165, 1.54) is 0 Å². The van der Waals surface area contributed by atoms with Crippen LogP contribution in [-0.4, -0.2) is 63.9 Å². The Balaban J connectivity index is 5.93. The quantitative estimate of drug-likeness (QED) is 0.171. The highest BCUT2D eigenvalue weighted by molar-refractivity contribution is 5.71. The van der Waals surface area contributed by atoms with Gasteiger partial charge >= 0.3 is 17.9 Å². The lowest BCUT2D eigenvalue weighted by molar-refractivity contribution is -0.934. The molecule has 3 unspecified atom stereocenters. The van der Waals surface area contributed by atoms with Crippen molar-refractivity contribution in [3.05, 3.63) is 12.2 Å². The van der Waals surface area contributed by atoms with Crippen molar-refractivity contribution in [1.29, 1.82) is 0 Å². The van der Waals surface area contributed by atoms with E-state index in [2.05, 4.69) is 19.1 Å². The zero-order chi connectivity index (χ0) is 23.2. The monoisotopic (exact) mass is 428 g/mol. The number of carbonyl (C=O) groups is 3. The number of rotatable bonds is 18. The van der Waals surface area contributed by atoms with Gasteiger partial charge in [0.15, 0.2) is 0 Å². The first-order chi connectivity index (χ1) is 14.2. The first-order valence-electron chi connectivity index (χ1n) is 11.3. The molecule has 7 nitrogen and oxygen atoms in total. The van der Waals surface area contributed by atoms with Gasteiger partial charge in [0, 0.05) is 6.42 Å². The van der Waals surface area contributed by atoms with Crippen LogP contribution in [0.5, 0.6) is 0 Å². The summed E-state index contributed by atoms with van der Waals surface area (Å²) in [6, 6.07) is 0. The van der Waals surface area contributed by atoms with Crippen molar-refractivity contribution in [3.63, 3.8) is 0 Å². The van der Waals surface area contributed by atoms with Crippen LogP contribution in [0, 0.1) is 17.8 Å². The molecule has 174 valence electrons. The maximum Gasteiger partial charge on any atom is 0.312 e. The van der Waals surface area contributed by atoms with Crippen molar-refractivity contribution < 1.29 is 34.2 Å². The molecule has 0 aromatic rings. The second-order valence-corrected chi connectivity index (χ2v) is 8.35. The third kappa shape index (κ3) is 10.2. The predicted molar refractivity (Wildman–Crippen MR) is 117 cm³/mol. The minimum atomic E-state index is -0.912. The van der Waals surface area contributed by atoms with Crippen LogP contribution in [0.3, 0.4) is 0 Å². The Morgan fingerprint density at radius 2 is 1.07 bits per heavy atom. The molecule has 0 rings (SSSR count). The Morgan fingerprint density at radius 3 is 1.37 bits per heavy atom. The van der Waals surface area contributed by atoms with E-state index >= 15 is 0 Å². The van der Waals surface area contributed by atoms with Crippen LogP contribution in [0.2, 0.25) is 0 Å². The molecule has 0 amide bonds. The largest absolute Gasteiger partial charge is 0.481 e. The molecule has 0 bridgehead atoms. The number of aliphatic carboxylic acids is 3. The van der Waals surface area contributed by atoms with E-state index in [0.29, 0.717) is 32.2 Å². The van der Waals surface area contributed by atoms with Gasteiger partial charge in [-0.2, -0.15) is 0 Å². The summed E-state index contributed by atoms with van der Waals surface area (Å²) in [6.07, 6.45) is 9.30. The summed E-state index contributed by atoms with van der Waals surface area (Å²) in [5.41, 5.74) is 0. The van der Waals surface area contributed by atoms with Gasteiger partial charge in [-0.05, 0) is 25.7 Å². The van der Waals surface area contributed by atoms with Crippen LogP contribution in [-0.2, 0) is 14.4 Å². The van der Waals surface area contributed by atoms with Gasteiger partial charge < -0.3 is 19.8 Å². The zero-order valence-electron chi connectivity index (χ0n) is 19.2. The second-order valence-electron chi connectivity index (χ2n) is 8.35. The van der Waals surface area contributed by atoms with Crippen molar-refractivity contribution in [3.8, 4) is 0 Å². The average Bonchev–Trinajstić information content (AvgIpc) is 2.70. The minimum absolute atomic E-state index is 0.207. The normalized spacial score (nSPS) is 16.7. The van der Waals surface area contributed by atoms with Crippen LogP contribution in [0.15, 0.2) is 12.2 Å². The lowest BCUT2D eigenvalue weighted by Gasteiger charge is -2.43. The summed E-state index contributed by atoms with van der Waals surface area (Å²) < 4.78 is 0.207. The lowest BCUT2D eigenvalue weighted by atomic mass is 9.96. The molecule has 0 saturated heterocycles. The van der Waals surface area contributed by atoms with E-state index in [9.17, 15) is 29.7 Å². The molecule has 0 aliphatic heterocycles. The van der Waals surface area contributed by atoms with Gasteiger partial charge in [-0.25, -0.2) is 0 Å². The first-order valence-corrected chi connectivity index (χ1v) is 11.3. The zero-order valence-corrected chi connectivity index (χ0v) is 19.2. The molecule has 0 fully saturated rings. The lowest BCUT2D eigenvalue weighted by Crippen LogP contribution is -2.58. The molecule has 3 N–H and O–H groups in total. The highest BCUT2D eigenvalue weighted by Gasteiger charge is 2.40. The highest BCUT2D eigenvalue weighted by atomic mass is 16.4. The summed E-state index contributed by atoms with van der Waals surface area (Å²) in [4.78, 5) is 35.3. The first kappa shape index (κ1) is 28.1. The Morgan fingerprint density at radius 1 is 0.700 bits per heavy atom. The van der Waals surface area contributed by atoms with Gasteiger partial charge in [0.05, 0.1) is 26.2 Å². The summed E-state index contributed by atoms with van der Waals surface area (Å²) in [5.74, 6) is -4.63. The van der Waals surface area contributed by atoms with Gasteiger partial charge in [-0.1, -0.05) is 52.7 Å². The van der Waals surface area contributed by atoms with E-state index in [0.717, 1.165) is 19.3 Å². The number of unbranched alkanes of at least 4 members (excludes halogenated alkanes) is 2. The van der Waals surface area contributed by atoms with Gasteiger partial charge in [0.2, 0.25) is 0 Å². The number of carboxylic acids is 3. The molecule has 0 heterocycles. The number of nitrogens with zero attached hydrogens (tertiary/aromatic N) is 1. The summed E-state index contributed by atoms with van der Waals surface area (Å²) >= 11 is 0. The maximum atomic E-state index is 11.8. The number of hydrogen-bond donors (Lipinski definition) is 3. The fourth-order valence-electron chi connectivity index (χ4n) is 3.95. The summed E-state index contributed by atoms with van der Waals surface area (Å²) in [7, 11) is 0. The van der Waals surface area contributed by atoms with Crippen LogP contribution in [0.25, 0.3) is 0 Å². The van der Waals surface area contributed by atoms with Gasteiger partial charge in [-0.15, -0.1) is 0 Å². The van der Waals surface area contributed by atoms with Crippen molar-refractivity contribution in [1.82, 2.24) is 0 Å². The van der Waals surface area contributed by atoms with E-state index in [4.69, 9.17) is 0 Å². The Bertz CT molecular complexity index is 500. The molecule has 0 aromatic heterocycles. The van der Waals surface area contributed by atoms with Crippen molar-refractivity contribution in [2.45, 2.75) is 72.6 Å². The molecule has 0 aliphatic rings. The van der Waals surface area contributed by atoms with Gasteiger partial charge in [0.1, 0.15) is 17.8 Å². The highest BCUT2D eigenvalue weighted by Crippen LogP contribution is 2.24. The molecular formula is C23H42NO6+. The van der Waals surface area contributed by atoms with E-state index in [1.807, 2.05) is 0 Å². The Kier molecular flexibility index (Phi) is 14.0. The molecule has 0 radical (unpaired) electrons. The smallest absolute Gasteiger partial charge is 0.312 e. The van der Waals surface area contributed by atoms with Gasteiger partial charge in [0.25, 0.3) is 0 Å². The van der Waals surface area contributed by atoms with Gasteiger partial charge in [-0.3, -0.25) is 14.4 Å². The molecule has 0 aromatic carbocycles. The van der Waals surface area contributed by atoms with Crippen molar-refractivity contribution in [2.75, 3.05) is 26.2 Å². The topological polar surface area (TPSA) is 112 Å². The summed E-state index contributed by atoms with van der Waals surface area (Å²) in [5, 5.41) is 28.9. The van der Waals surface area contributed by atoms with E-state index in [-0.39, 0.29) is 24.1 Å². The minimum Gasteiger partial charge on any atom is -0.481 e. The predicted octanol–water partition coefficient (Wildman–Crippen LogP) is 4.27. The second kappa shape index (κ2) is 15.0. The Labute approximate surface area is 181 Å². The SMILES string of the molecule is CCCC/C=C/CC[N+](CC(CC)C(=O)O)(CC(CC)C(=O)O)CC(CC)C(=O)O. The molecule has 0 spiro atoms. The molecular weight excluding hydrogens is 386 g/mol. The molecule has 30 heavy (non-hydrogen) atoms. The number of quaternary nitrogens is 1. The third-order valence-electron chi connectivity index (χ3n) is 6.01. The Hall–Kier alpha value is -1.89. The number of allylic oxidation sites excluding steroid dienone is 1. The standard InChI is InChI=1S/C23H41NO6/c1-5-9-10-11-12-13-14-24(15-18(6-2)21(25)26,16-19(7-3)22(27)28)17-20(8-4)23(29)30/h11-12,18-20H,5-10,13-17H2,1-4H3,(H2-,25,26,27,28,29,30)/p+1/b12-11+. The number of carboxylic acid groups (broad SMARTS) is 3. The number of hydrogen-bond acceptors (Lipinski definition) is 3. The summed E-state index contributed by atoms with van der Waals surface area (Å²) in [6.45, 7) is 8.84. The fraction of sp³-hybridized carbons (Fsp3) is 0.783. The van der Waals surface area contributed by atoms with Crippen molar-refractivity contribution in [2.24, 2.45) is 17.8 Å². The van der Waals surface area contributed by atoms with Crippen molar-refractivity contribution >= 4 is 17.9 Å². The molecule has 7 heteroatoms. The van der Waals surface area contributed by atoms with E-state index in [1.54, 1.807) is 20.8 Å². The van der Waals surface area contributed by atoms with Crippen LogP contribution < -0.4 is 0 Å². The van der Waals surface area contributed by atoms with Crippen LogP contribution >= 0.6 is 0 Å². The van der Waals surface area contributed by atoms with Crippen LogP contribution in [0.4, 0.5) is 0 Å².